The Kier molecular flexibility index (Phi) is 8.74. The van der Waals surface area contributed by atoms with Gasteiger partial charge in [-0.25, -0.2) is 19.6 Å². The second-order valence-electron chi connectivity index (χ2n) is 7.33. The summed E-state index contributed by atoms with van der Waals surface area (Å²) in [6.07, 6.45) is 3.43. The van der Waals surface area contributed by atoms with Gasteiger partial charge in [0.25, 0.3) is 0 Å². The van der Waals surface area contributed by atoms with Gasteiger partial charge >= 0.3 is 11.9 Å². The van der Waals surface area contributed by atoms with Gasteiger partial charge in [0, 0.05) is 12.4 Å². The van der Waals surface area contributed by atoms with Crippen molar-refractivity contribution >= 4 is 11.9 Å². The van der Waals surface area contributed by atoms with Crippen LogP contribution in [0.15, 0.2) is 60.9 Å². The molecular formula is C24H25N3O7. The van der Waals surface area contributed by atoms with Crippen molar-refractivity contribution < 1.29 is 34.0 Å². The van der Waals surface area contributed by atoms with Crippen molar-refractivity contribution in [2.45, 2.75) is 19.1 Å². The van der Waals surface area contributed by atoms with Crippen LogP contribution in [-0.4, -0.2) is 63.5 Å². The highest BCUT2D eigenvalue weighted by Gasteiger charge is 2.34. The summed E-state index contributed by atoms with van der Waals surface area (Å²) in [7, 11) is 0. The molecule has 0 aliphatic carbocycles. The summed E-state index contributed by atoms with van der Waals surface area (Å²) >= 11 is 0. The lowest BCUT2D eigenvalue weighted by Crippen LogP contribution is -2.32. The van der Waals surface area contributed by atoms with Gasteiger partial charge in [0.1, 0.15) is 17.0 Å². The quantitative estimate of drug-likeness (QED) is 0.360. The van der Waals surface area contributed by atoms with Crippen molar-refractivity contribution in [1.29, 1.82) is 0 Å². The third-order valence-electron chi connectivity index (χ3n) is 4.90. The molecule has 0 radical (unpaired) electrons. The summed E-state index contributed by atoms with van der Waals surface area (Å²) in [6, 6.07) is 12.8. The number of aromatic carboxylic acids is 2. The zero-order valence-electron chi connectivity index (χ0n) is 18.6. The molecule has 0 unspecified atom stereocenters. The topological polar surface area (TPSA) is 141 Å². The van der Waals surface area contributed by atoms with Crippen molar-refractivity contribution in [3.8, 4) is 0 Å². The van der Waals surface area contributed by atoms with E-state index in [1.165, 1.54) is 12.1 Å². The summed E-state index contributed by atoms with van der Waals surface area (Å²) < 4.78 is 17.2. The highest BCUT2D eigenvalue weighted by atomic mass is 16.5. The van der Waals surface area contributed by atoms with Crippen LogP contribution in [0.25, 0.3) is 0 Å². The van der Waals surface area contributed by atoms with Crippen LogP contribution in [-0.2, 0) is 26.4 Å². The molecule has 2 N–H and O–H groups in total. The second-order valence-corrected chi connectivity index (χ2v) is 7.33. The van der Waals surface area contributed by atoms with Crippen LogP contribution in [0.5, 0.6) is 0 Å². The summed E-state index contributed by atoms with van der Waals surface area (Å²) in [5, 5.41) is 18.6. The molecule has 0 spiro atoms. The van der Waals surface area contributed by atoms with E-state index < -0.39 is 17.5 Å². The molecule has 0 aliphatic rings. The van der Waals surface area contributed by atoms with E-state index in [2.05, 4.69) is 15.0 Å². The second kappa shape index (κ2) is 11.9. The van der Waals surface area contributed by atoms with Gasteiger partial charge in [0.05, 0.1) is 44.4 Å². The maximum absolute atomic E-state index is 11.4. The van der Waals surface area contributed by atoms with E-state index in [4.69, 9.17) is 14.2 Å². The van der Waals surface area contributed by atoms with Crippen molar-refractivity contribution in [1.82, 2.24) is 15.0 Å². The van der Waals surface area contributed by atoms with E-state index in [1.54, 1.807) is 43.6 Å². The molecule has 10 heteroatoms. The van der Waals surface area contributed by atoms with Gasteiger partial charge in [-0.2, -0.15) is 0 Å². The maximum atomic E-state index is 11.4. The zero-order chi connectivity index (χ0) is 24.4. The van der Waals surface area contributed by atoms with Crippen LogP contribution >= 0.6 is 0 Å². The molecule has 0 aliphatic heterocycles. The average Bonchev–Trinajstić information content (AvgIpc) is 2.86. The molecule has 3 rings (SSSR count). The Morgan fingerprint density at radius 3 is 1.97 bits per heavy atom. The maximum Gasteiger partial charge on any atom is 0.354 e. The van der Waals surface area contributed by atoms with Gasteiger partial charge in [-0.1, -0.05) is 18.2 Å². The predicted octanol–water partition coefficient (Wildman–Crippen LogP) is 2.78. The summed E-state index contributed by atoms with van der Waals surface area (Å²) in [5.41, 5.74) is -0.109. The van der Waals surface area contributed by atoms with E-state index in [9.17, 15) is 19.8 Å². The molecule has 0 fully saturated rings. The number of pyridine rings is 3. The van der Waals surface area contributed by atoms with Crippen LogP contribution in [0.4, 0.5) is 0 Å². The fourth-order valence-corrected chi connectivity index (χ4v) is 3.12. The molecule has 0 aromatic carbocycles. The van der Waals surface area contributed by atoms with E-state index in [0.717, 1.165) is 5.56 Å². The summed E-state index contributed by atoms with van der Waals surface area (Å²) in [6.45, 7) is 3.17. The largest absolute Gasteiger partial charge is 0.477 e. The number of rotatable bonds is 13. The number of carboxylic acid groups (broad SMARTS) is 2. The first kappa shape index (κ1) is 24.9. The Hall–Kier alpha value is -3.73. The molecule has 178 valence electrons. The minimum atomic E-state index is -1.31. The number of aromatic nitrogens is 3. The van der Waals surface area contributed by atoms with Crippen molar-refractivity contribution in [2.75, 3.05) is 26.4 Å². The lowest BCUT2D eigenvalue weighted by molar-refractivity contribution is -0.0486. The minimum absolute atomic E-state index is 0.122. The Morgan fingerprint density at radius 2 is 1.41 bits per heavy atom. The number of hydrogen-bond acceptors (Lipinski definition) is 8. The highest BCUT2D eigenvalue weighted by Crippen LogP contribution is 2.31. The summed E-state index contributed by atoms with van der Waals surface area (Å²) in [4.78, 5) is 35.2. The Morgan fingerprint density at radius 1 is 0.824 bits per heavy atom. The number of nitrogens with zero attached hydrogens (tertiary/aromatic N) is 3. The van der Waals surface area contributed by atoms with E-state index in [0.29, 0.717) is 19.8 Å². The molecule has 0 saturated heterocycles. The Balaban J connectivity index is 1.63. The molecule has 0 amide bonds. The van der Waals surface area contributed by atoms with Crippen molar-refractivity contribution in [3.63, 3.8) is 0 Å². The normalized spacial score (nSPS) is 11.3. The van der Waals surface area contributed by atoms with Crippen LogP contribution in [0.1, 0.15) is 44.9 Å². The molecular weight excluding hydrogens is 442 g/mol. The molecule has 3 aromatic heterocycles. The number of carbonyl (C=O) groups is 2. The lowest BCUT2D eigenvalue weighted by Gasteiger charge is -2.29. The lowest BCUT2D eigenvalue weighted by atomic mass is 9.95. The third kappa shape index (κ3) is 6.64. The Labute approximate surface area is 196 Å². The molecule has 0 bridgehead atoms. The van der Waals surface area contributed by atoms with Gasteiger partial charge in [-0.15, -0.1) is 0 Å². The third-order valence-corrected chi connectivity index (χ3v) is 4.90. The van der Waals surface area contributed by atoms with E-state index in [-0.39, 0.29) is 36.0 Å². The van der Waals surface area contributed by atoms with Crippen molar-refractivity contribution in [2.24, 2.45) is 0 Å². The number of ether oxygens (including phenoxy) is 3. The standard InChI is InChI=1S/C24H25N3O7/c1-24(20-8-2-6-18(26-20)22(28)29,21-9-3-7-19(27-21)23(30)31)34-14-13-32-11-12-33-16-17-5-4-10-25-15-17/h2-10,15H,11-14,16H2,1H3,(H,28,29)(H,30,31). The molecule has 34 heavy (non-hydrogen) atoms. The Bertz CT molecular complexity index is 1050. The summed E-state index contributed by atoms with van der Waals surface area (Å²) in [5.74, 6) is -2.38. The van der Waals surface area contributed by atoms with Crippen LogP contribution < -0.4 is 0 Å². The van der Waals surface area contributed by atoms with E-state index >= 15 is 0 Å². The molecule has 10 nitrogen and oxygen atoms in total. The fourth-order valence-electron chi connectivity index (χ4n) is 3.12. The number of hydrogen-bond donors (Lipinski definition) is 2. The van der Waals surface area contributed by atoms with E-state index in [1.807, 2.05) is 12.1 Å². The fraction of sp³-hybridized carbons (Fsp3) is 0.292. The minimum Gasteiger partial charge on any atom is -0.477 e. The van der Waals surface area contributed by atoms with Gasteiger partial charge in [0.2, 0.25) is 0 Å². The van der Waals surface area contributed by atoms with Crippen LogP contribution in [0.3, 0.4) is 0 Å². The SMILES string of the molecule is CC(OCCOCCOCc1cccnc1)(c1cccc(C(=O)O)n1)c1cccc(C(=O)O)n1. The first-order valence-electron chi connectivity index (χ1n) is 10.5. The zero-order valence-corrected chi connectivity index (χ0v) is 18.6. The first-order chi connectivity index (χ1) is 16.4. The molecule has 3 aromatic rings. The molecule has 0 atom stereocenters. The monoisotopic (exact) mass is 467 g/mol. The first-order valence-corrected chi connectivity index (χ1v) is 10.5. The van der Waals surface area contributed by atoms with Crippen molar-refractivity contribution in [3.05, 3.63) is 89.3 Å². The smallest absolute Gasteiger partial charge is 0.354 e. The van der Waals surface area contributed by atoms with Gasteiger partial charge in [0.15, 0.2) is 0 Å². The molecule has 0 saturated carbocycles. The van der Waals surface area contributed by atoms with Crippen LogP contribution in [0.2, 0.25) is 0 Å². The van der Waals surface area contributed by atoms with Crippen LogP contribution in [0, 0.1) is 0 Å². The van der Waals surface area contributed by atoms with Gasteiger partial charge in [-0.05, 0) is 42.8 Å². The molecule has 3 heterocycles. The highest BCUT2D eigenvalue weighted by molar-refractivity contribution is 5.85. The van der Waals surface area contributed by atoms with Gasteiger partial charge in [-0.3, -0.25) is 4.98 Å². The number of carboxylic acids is 2. The average molecular weight is 467 g/mol. The van der Waals surface area contributed by atoms with Gasteiger partial charge < -0.3 is 24.4 Å². The predicted molar refractivity (Wildman–Crippen MR) is 120 cm³/mol.